The van der Waals surface area contributed by atoms with Crippen molar-refractivity contribution in [3.63, 3.8) is 0 Å². The van der Waals surface area contributed by atoms with Gasteiger partial charge in [0.05, 0.1) is 6.04 Å². The topological polar surface area (TPSA) is 83.4 Å². The number of carbonyl (C=O) groups excluding carboxylic acids is 2. The number of nitrogens with zero attached hydrogens (tertiary/aromatic N) is 2. The predicted octanol–water partition coefficient (Wildman–Crippen LogP) is 4.20. The van der Waals surface area contributed by atoms with Crippen LogP contribution in [0.1, 0.15) is 103 Å². The molecule has 3 aliphatic rings. The Morgan fingerprint density at radius 3 is 2.14 bits per heavy atom. The van der Waals surface area contributed by atoms with E-state index in [9.17, 15) is 14.4 Å². The van der Waals surface area contributed by atoms with Crippen molar-refractivity contribution < 1.29 is 9.59 Å². The molecule has 7 heteroatoms. The number of hydrogen-bond donors (Lipinski definition) is 2. The van der Waals surface area contributed by atoms with Crippen molar-refractivity contribution in [3.8, 4) is 0 Å². The summed E-state index contributed by atoms with van der Waals surface area (Å²) in [5.74, 6) is -0.763. The van der Waals surface area contributed by atoms with Gasteiger partial charge in [0.25, 0.3) is 11.8 Å². The average Bonchev–Trinajstić information content (AvgIpc) is 3.74. The highest BCUT2D eigenvalue weighted by atomic mass is 16.2. The van der Waals surface area contributed by atoms with Crippen LogP contribution < -0.4 is 16.1 Å². The number of nitrogens with one attached hydrogen (secondary N) is 2. The Morgan fingerprint density at radius 1 is 0.833 bits per heavy atom. The van der Waals surface area contributed by atoms with E-state index < -0.39 is 11.3 Å². The Balaban J connectivity index is 1.39. The quantitative estimate of drug-likeness (QED) is 0.581. The van der Waals surface area contributed by atoms with Gasteiger partial charge >= 0.3 is 0 Å². The van der Waals surface area contributed by atoms with Crippen LogP contribution in [0.15, 0.2) is 47.5 Å². The lowest BCUT2D eigenvalue weighted by molar-refractivity contribution is 0.0922. The molecule has 1 aromatic carbocycles. The highest BCUT2D eigenvalue weighted by molar-refractivity contribution is 5.99. The highest BCUT2D eigenvalue weighted by Crippen LogP contribution is 2.28. The van der Waals surface area contributed by atoms with Gasteiger partial charge in [-0.25, -0.2) is 0 Å². The molecular weight excluding hydrogens is 452 g/mol. The van der Waals surface area contributed by atoms with E-state index in [0.717, 1.165) is 70.0 Å². The molecule has 2 aliphatic carbocycles. The SMILES string of the molecule is O=C(NCC(c1ccccc1)N1CCCCC1)c1cn(C2CCCCC2)cc(C(=O)NC2CC2)c1=O. The lowest BCUT2D eigenvalue weighted by Gasteiger charge is -2.35. The zero-order valence-electron chi connectivity index (χ0n) is 21.1. The summed E-state index contributed by atoms with van der Waals surface area (Å²) in [6, 6.07) is 10.7. The maximum atomic E-state index is 13.5. The largest absolute Gasteiger partial charge is 0.350 e. The molecular formula is C29H38N4O3. The smallest absolute Gasteiger partial charge is 0.256 e. The van der Waals surface area contributed by atoms with E-state index in [1.165, 1.54) is 12.8 Å². The van der Waals surface area contributed by atoms with Gasteiger partial charge < -0.3 is 15.2 Å². The van der Waals surface area contributed by atoms with E-state index in [1.807, 2.05) is 22.8 Å². The van der Waals surface area contributed by atoms with E-state index in [2.05, 4.69) is 27.7 Å². The molecule has 2 heterocycles. The molecule has 1 aliphatic heterocycles. The molecule has 192 valence electrons. The van der Waals surface area contributed by atoms with Crippen molar-refractivity contribution in [1.29, 1.82) is 0 Å². The van der Waals surface area contributed by atoms with Gasteiger partial charge in [0.15, 0.2) is 0 Å². The second-order valence-electron chi connectivity index (χ2n) is 10.6. The molecule has 2 amide bonds. The molecule has 3 fully saturated rings. The molecule has 2 N–H and O–H groups in total. The summed E-state index contributed by atoms with van der Waals surface area (Å²) in [5.41, 5.74) is 0.828. The fourth-order valence-corrected chi connectivity index (χ4v) is 5.65. The number of hydrogen-bond acceptors (Lipinski definition) is 4. The van der Waals surface area contributed by atoms with Crippen LogP contribution in [0.4, 0.5) is 0 Å². The van der Waals surface area contributed by atoms with E-state index in [1.54, 1.807) is 12.4 Å². The Bertz CT molecular complexity index is 1110. The number of carbonyl (C=O) groups is 2. The lowest BCUT2D eigenvalue weighted by atomic mass is 9.95. The Hall–Kier alpha value is -2.93. The van der Waals surface area contributed by atoms with Crippen molar-refractivity contribution in [3.05, 3.63) is 69.6 Å². The Labute approximate surface area is 213 Å². The summed E-state index contributed by atoms with van der Waals surface area (Å²) in [6.45, 7) is 2.42. The minimum atomic E-state index is -0.480. The molecule has 5 rings (SSSR count). The van der Waals surface area contributed by atoms with Crippen LogP contribution >= 0.6 is 0 Å². The Kier molecular flexibility index (Phi) is 7.85. The summed E-state index contributed by atoms with van der Waals surface area (Å²) in [5, 5.41) is 5.99. The zero-order valence-corrected chi connectivity index (χ0v) is 21.1. The monoisotopic (exact) mass is 490 g/mol. The van der Waals surface area contributed by atoms with E-state index in [-0.39, 0.29) is 35.2 Å². The average molecular weight is 491 g/mol. The number of rotatable bonds is 8. The second kappa shape index (κ2) is 11.4. The molecule has 1 saturated heterocycles. The number of likely N-dealkylation sites (tertiary alicyclic amines) is 1. The maximum Gasteiger partial charge on any atom is 0.256 e. The summed E-state index contributed by atoms with van der Waals surface area (Å²) < 4.78 is 1.95. The minimum absolute atomic E-state index is 0.0531. The van der Waals surface area contributed by atoms with E-state index in [0.29, 0.717) is 6.54 Å². The molecule has 2 saturated carbocycles. The van der Waals surface area contributed by atoms with Crippen molar-refractivity contribution in [2.24, 2.45) is 0 Å². The third-order valence-corrected chi connectivity index (χ3v) is 7.92. The molecule has 0 bridgehead atoms. The first-order chi connectivity index (χ1) is 17.6. The van der Waals surface area contributed by atoms with Crippen LogP contribution in [0.25, 0.3) is 0 Å². The molecule has 2 aromatic rings. The minimum Gasteiger partial charge on any atom is -0.350 e. The van der Waals surface area contributed by atoms with Crippen molar-refractivity contribution in [2.45, 2.75) is 82.3 Å². The lowest BCUT2D eigenvalue weighted by Crippen LogP contribution is -2.42. The van der Waals surface area contributed by atoms with E-state index >= 15 is 0 Å². The van der Waals surface area contributed by atoms with Crippen LogP contribution in [0.3, 0.4) is 0 Å². The number of benzene rings is 1. The van der Waals surface area contributed by atoms with Gasteiger partial charge in [0, 0.05) is 31.0 Å². The number of piperidine rings is 1. The van der Waals surface area contributed by atoms with Crippen LogP contribution in [-0.2, 0) is 0 Å². The molecule has 0 spiro atoms. The van der Waals surface area contributed by atoms with Crippen LogP contribution in [0.5, 0.6) is 0 Å². The van der Waals surface area contributed by atoms with Crippen molar-refractivity contribution in [1.82, 2.24) is 20.1 Å². The molecule has 1 atom stereocenters. The second-order valence-corrected chi connectivity index (χ2v) is 10.6. The van der Waals surface area contributed by atoms with Gasteiger partial charge in [0.2, 0.25) is 5.43 Å². The standard InChI is InChI=1S/C29H38N4O3/c34-27-24(19-33(23-12-6-2-7-13-23)20-25(27)29(36)31-22-14-15-22)28(35)30-18-26(21-10-4-1-5-11-21)32-16-8-3-9-17-32/h1,4-5,10-11,19-20,22-23,26H,2-3,6-9,12-18H2,(H,30,35)(H,31,36). The maximum absolute atomic E-state index is 13.5. The Morgan fingerprint density at radius 2 is 1.47 bits per heavy atom. The van der Waals surface area contributed by atoms with Crippen molar-refractivity contribution in [2.75, 3.05) is 19.6 Å². The number of aromatic nitrogens is 1. The highest BCUT2D eigenvalue weighted by Gasteiger charge is 2.28. The van der Waals surface area contributed by atoms with Gasteiger partial charge in [-0.2, -0.15) is 0 Å². The zero-order chi connectivity index (χ0) is 24.9. The third kappa shape index (κ3) is 5.89. The molecule has 7 nitrogen and oxygen atoms in total. The molecule has 1 unspecified atom stereocenters. The van der Waals surface area contributed by atoms with Gasteiger partial charge in [-0.05, 0) is 57.2 Å². The summed E-state index contributed by atoms with van der Waals surface area (Å²) in [6.07, 6.45) is 14.2. The first-order valence-corrected chi connectivity index (χ1v) is 13.7. The summed E-state index contributed by atoms with van der Waals surface area (Å²) in [7, 11) is 0. The molecule has 0 radical (unpaired) electrons. The van der Waals surface area contributed by atoms with Crippen LogP contribution in [0, 0.1) is 0 Å². The first kappa shape index (κ1) is 24.8. The third-order valence-electron chi connectivity index (χ3n) is 7.92. The van der Waals surface area contributed by atoms with Gasteiger partial charge in [0.1, 0.15) is 11.1 Å². The number of amides is 2. The van der Waals surface area contributed by atoms with Crippen LogP contribution in [-0.4, -0.2) is 47.0 Å². The molecule has 1 aromatic heterocycles. The normalized spacial score (nSPS) is 20.0. The van der Waals surface area contributed by atoms with Crippen LogP contribution in [0.2, 0.25) is 0 Å². The fraction of sp³-hybridized carbons (Fsp3) is 0.552. The molecule has 36 heavy (non-hydrogen) atoms. The van der Waals surface area contributed by atoms with Crippen molar-refractivity contribution >= 4 is 11.8 Å². The number of pyridine rings is 1. The summed E-state index contributed by atoms with van der Waals surface area (Å²) in [4.78, 5) is 42.2. The van der Waals surface area contributed by atoms with Gasteiger partial charge in [-0.1, -0.05) is 56.0 Å². The first-order valence-electron chi connectivity index (χ1n) is 13.7. The summed E-state index contributed by atoms with van der Waals surface area (Å²) >= 11 is 0. The van der Waals surface area contributed by atoms with Gasteiger partial charge in [-0.3, -0.25) is 19.3 Å². The van der Waals surface area contributed by atoms with Gasteiger partial charge in [-0.15, -0.1) is 0 Å². The van der Waals surface area contributed by atoms with E-state index in [4.69, 9.17) is 0 Å². The predicted molar refractivity (Wildman–Crippen MR) is 140 cm³/mol. The fourth-order valence-electron chi connectivity index (χ4n) is 5.65.